The second kappa shape index (κ2) is 10.4. The molecule has 0 aliphatic carbocycles. The zero-order chi connectivity index (χ0) is 15.5. The van der Waals surface area contributed by atoms with E-state index in [1.165, 1.54) is 0 Å². The van der Waals surface area contributed by atoms with Crippen LogP contribution in [0.2, 0.25) is 5.02 Å². The van der Waals surface area contributed by atoms with Gasteiger partial charge >= 0.3 is 0 Å². The maximum atomic E-state index is 11.6. The van der Waals surface area contributed by atoms with Crippen LogP contribution in [-0.4, -0.2) is 57.8 Å². The van der Waals surface area contributed by atoms with Crippen LogP contribution < -0.4 is 10.1 Å². The Balaban J connectivity index is 2.11. The highest BCUT2D eigenvalue weighted by atomic mass is 35.5. The van der Waals surface area contributed by atoms with Crippen molar-refractivity contribution < 1.29 is 14.3 Å². The smallest absolute Gasteiger partial charge is 0.234 e. The number of halogens is 1. The minimum Gasteiger partial charge on any atom is -0.492 e. The molecule has 0 unspecified atom stereocenters. The summed E-state index contributed by atoms with van der Waals surface area (Å²) in [7, 11) is 3.54. The van der Waals surface area contributed by atoms with Gasteiger partial charge in [0, 0.05) is 31.8 Å². The first-order chi connectivity index (χ1) is 10.1. The summed E-state index contributed by atoms with van der Waals surface area (Å²) in [6.45, 7) is 2.85. The average Bonchev–Trinajstić information content (AvgIpc) is 2.46. The molecular formula is C15H23ClN2O3. The molecule has 0 aliphatic rings. The highest BCUT2D eigenvalue weighted by Gasteiger charge is 2.06. The third-order valence-corrected chi connectivity index (χ3v) is 3.07. The van der Waals surface area contributed by atoms with Crippen molar-refractivity contribution in [3.8, 4) is 5.75 Å². The van der Waals surface area contributed by atoms with E-state index in [1.807, 2.05) is 24.1 Å². The SMILES string of the molecule is COCCCNC(=O)CN(C)CCOc1ccc(Cl)cc1. The Bertz CT molecular complexity index is 412. The molecule has 1 aromatic carbocycles. The highest BCUT2D eigenvalue weighted by Crippen LogP contribution is 2.15. The zero-order valence-electron chi connectivity index (χ0n) is 12.6. The summed E-state index contributed by atoms with van der Waals surface area (Å²) in [4.78, 5) is 13.6. The number of ether oxygens (including phenoxy) is 2. The minimum atomic E-state index is 0.0140. The van der Waals surface area contributed by atoms with Gasteiger partial charge in [0.25, 0.3) is 0 Å². The number of rotatable bonds is 10. The quantitative estimate of drug-likeness (QED) is 0.669. The molecular weight excluding hydrogens is 292 g/mol. The predicted molar refractivity (Wildman–Crippen MR) is 83.9 cm³/mol. The third kappa shape index (κ3) is 8.55. The summed E-state index contributed by atoms with van der Waals surface area (Å²) in [6, 6.07) is 7.22. The number of likely N-dealkylation sites (N-methyl/N-ethyl adjacent to an activating group) is 1. The molecule has 1 rings (SSSR count). The van der Waals surface area contributed by atoms with E-state index < -0.39 is 0 Å². The van der Waals surface area contributed by atoms with Crippen LogP contribution in [0.15, 0.2) is 24.3 Å². The summed E-state index contributed by atoms with van der Waals surface area (Å²) in [5.41, 5.74) is 0. The van der Waals surface area contributed by atoms with Gasteiger partial charge in [0.05, 0.1) is 6.54 Å². The molecule has 0 saturated carbocycles. The lowest BCUT2D eigenvalue weighted by Gasteiger charge is -2.16. The summed E-state index contributed by atoms with van der Waals surface area (Å²) in [6.07, 6.45) is 0.825. The first-order valence-corrected chi connectivity index (χ1v) is 7.32. The van der Waals surface area contributed by atoms with Crippen LogP contribution in [0.3, 0.4) is 0 Å². The maximum Gasteiger partial charge on any atom is 0.234 e. The van der Waals surface area contributed by atoms with Crippen LogP contribution >= 0.6 is 11.6 Å². The molecule has 6 heteroatoms. The third-order valence-electron chi connectivity index (χ3n) is 2.82. The van der Waals surface area contributed by atoms with E-state index in [0.29, 0.717) is 37.9 Å². The van der Waals surface area contributed by atoms with Gasteiger partial charge in [-0.25, -0.2) is 0 Å². The van der Waals surface area contributed by atoms with Gasteiger partial charge in [0.1, 0.15) is 12.4 Å². The monoisotopic (exact) mass is 314 g/mol. The molecule has 118 valence electrons. The molecule has 0 saturated heterocycles. The maximum absolute atomic E-state index is 11.6. The highest BCUT2D eigenvalue weighted by molar-refractivity contribution is 6.30. The molecule has 0 aromatic heterocycles. The lowest BCUT2D eigenvalue weighted by molar-refractivity contribution is -0.122. The Morgan fingerprint density at radius 3 is 2.67 bits per heavy atom. The fourth-order valence-corrected chi connectivity index (χ4v) is 1.80. The van der Waals surface area contributed by atoms with Crippen molar-refractivity contribution in [1.82, 2.24) is 10.2 Å². The van der Waals surface area contributed by atoms with Crippen LogP contribution in [0.1, 0.15) is 6.42 Å². The van der Waals surface area contributed by atoms with Crippen molar-refractivity contribution in [3.63, 3.8) is 0 Å². The molecule has 0 atom stereocenters. The van der Waals surface area contributed by atoms with Gasteiger partial charge in [-0.1, -0.05) is 11.6 Å². The predicted octanol–water partition coefficient (Wildman–Crippen LogP) is 1.80. The van der Waals surface area contributed by atoms with Crippen molar-refractivity contribution in [3.05, 3.63) is 29.3 Å². The number of hydrogen-bond donors (Lipinski definition) is 1. The van der Waals surface area contributed by atoms with Gasteiger partial charge in [0.15, 0.2) is 0 Å². The lowest BCUT2D eigenvalue weighted by atomic mass is 10.3. The number of carbonyl (C=O) groups excluding carboxylic acids is 1. The second-order valence-corrected chi connectivity index (χ2v) is 5.17. The van der Waals surface area contributed by atoms with Crippen molar-refractivity contribution >= 4 is 17.5 Å². The Kier molecular flexibility index (Phi) is 8.82. The molecule has 1 N–H and O–H groups in total. The van der Waals surface area contributed by atoms with E-state index >= 15 is 0 Å². The molecule has 1 aromatic rings. The van der Waals surface area contributed by atoms with E-state index in [0.717, 1.165) is 12.2 Å². The average molecular weight is 315 g/mol. The molecule has 0 bridgehead atoms. The van der Waals surface area contributed by atoms with Gasteiger partial charge in [-0.3, -0.25) is 9.69 Å². The first-order valence-electron chi connectivity index (χ1n) is 6.94. The van der Waals surface area contributed by atoms with Gasteiger partial charge in [0.2, 0.25) is 5.91 Å². The number of nitrogens with one attached hydrogen (secondary N) is 1. The molecule has 1 amide bonds. The van der Waals surface area contributed by atoms with Gasteiger partial charge in [-0.2, -0.15) is 0 Å². The van der Waals surface area contributed by atoms with Crippen LogP contribution in [0, 0.1) is 0 Å². The van der Waals surface area contributed by atoms with E-state index in [1.54, 1.807) is 19.2 Å². The second-order valence-electron chi connectivity index (χ2n) is 4.74. The summed E-state index contributed by atoms with van der Waals surface area (Å²) in [5, 5.41) is 3.53. The number of carbonyl (C=O) groups is 1. The number of methoxy groups -OCH3 is 1. The summed E-state index contributed by atoms with van der Waals surface area (Å²) in [5.74, 6) is 0.789. The van der Waals surface area contributed by atoms with E-state index in [4.69, 9.17) is 21.1 Å². The van der Waals surface area contributed by atoms with Crippen molar-refractivity contribution in [1.29, 1.82) is 0 Å². The van der Waals surface area contributed by atoms with Crippen molar-refractivity contribution in [2.24, 2.45) is 0 Å². The molecule has 0 fully saturated rings. The number of nitrogens with zero attached hydrogens (tertiary/aromatic N) is 1. The van der Waals surface area contributed by atoms with Gasteiger partial charge in [-0.15, -0.1) is 0 Å². The Labute approximate surface area is 131 Å². The molecule has 21 heavy (non-hydrogen) atoms. The van der Waals surface area contributed by atoms with Crippen LogP contribution in [0.5, 0.6) is 5.75 Å². The van der Waals surface area contributed by atoms with Crippen LogP contribution in [0.4, 0.5) is 0 Å². The Morgan fingerprint density at radius 1 is 1.29 bits per heavy atom. The van der Waals surface area contributed by atoms with Crippen LogP contribution in [0.25, 0.3) is 0 Å². The van der Waals surface area contributed by atoms with Crippen molar-refractivity contribution in [2.45, 2.75) is 6.42 Å². The lowest BCUT2D eigenvalue weighted by Crippen LogP contribution is -2.37. The fraction of sp³-hybridized carbons (Fsp3) is 0.533. The fourth-order valence-electron chi connectivity index (χ4n) is 1.67. The largest absolute Gasteiger partial charge is 0.492 e. The molecule has 0 radical (unpaired) electrons. The molecule has 0 heterocycles. The molecule has 0 aliphatic heterocycles. The van der Waals surface area contributed by atoms with Gasteiger partial charge in [-0.05, 0) is 37.7 Å². The van der Waals surface area contributed by atoms with Gasteiger partial charge < -0.3 is 14.8 Å². The molecule has 0 spiro atoms. The zero-order valence-corrected chi connectivity index (χ0v) is 13.4. The Hall–Kier alpha value is -1.30. The topological polar surface area (TPSA) is 50.8 Å². The van der Waals surface area contributed by atoms with E-state index in [2.05, 4.69) is 5.32 Å². The number of amides is 1. The summed E-state index contributed by atoms with van der Waals surface area (Å²) >= 11 is 5.80. The number of benzene rings is 1. The van der Waals surface area contributed by atoms with E-state index in [9.17, 15) is 4.79 Å². The summed E-state index contributed by atoms with van der Waals surface area (Å²) < 4.78 is 10.5. The minimum absolute atomic E-state index is 0.0140. The Morgan fingerprint density at radius 2 is 2.00 bits per heavy atom. The first kappa shape index (κ1) is 17.8. The molecule has 5 nitrogen and oxygen atoms in total. The normalized spacial score (nSPS) is 10.7. The standard InChI is InChI=1S/C15H23ClN2O3/c1-18(12-15(19)17-8-3-10-20-2)9-11-21-14-6-4-13(16)5-7-14/h4-7H,3,8-12H2,1-2H3,(H,17,19). The van der Waals surface area contributed by atoms with Crippen LogP contribution in [-0.2, 0) is 9.53 Å². The van der Waals surface area contributed by atoms with Crippen molar-refractivity contribution in [2.75, 3.05) is 47.0 Å². The van der Waals surface area contributed by atoms with E-state index in [-0.39, 0.29) is 5.91 Å². The number of hydrogen-bond acceptors (Lipinski definition) is 4.